The van der Waals surface area contributed by atoms with E-state index >= 15 is 0 Å². The summed E-state index contributed by atoms with van der Waals surface area (Å²) >= 11 is 5.83. The van der Waals surface area contributed by atoms with Crippen LogP contribution in [0.5, 0.6) is 0 Å². The van der Waals surface area contributed by atoms with E-state index in [1.165, 1.54) is 28.6 Å². The molecule has 1 heterocycles. The summed E-state index contributed by atoms with van der Waals surface area (Å²) in [6.45, 7) is 2.39. The van der Waals surface area contributed by atoms with Crippen molar-refractivity contribution in [3.8, 4) is 0 Å². The first-order valence-corrected chi connectivity index (χ1v) is 11.9. The zero-order valence-electron chi connectivity index (χ0n) is 17.2. The van der Waals surface area contributed by atoms with Crippen molar-refractivity contribution in [3.63, 3.8) is 0 Å². The molecule has 2 aromatic carbocycles. The molecule has 3 rings (SSSR count). The molecule has 1 aliphatic rings. The van der Waals surface area contributed by atoms with Crippen LogP contribution in [0.1, 0.15) is 19.8 Å². The summed E-state index contributed by atoms with van der Waals surface area (Å²) in [5.74, 6) is -1.21. The molecule has 0 N–H and O–H groups in total. The number of halogens is 1. The molecule has 0 aliphatic carbocycles. The topological polar surface area (TPSA) is 84.0 Å². The van der Waals surface area contributed by atoms with E-state index in [1.54, 1.807) is 4.90 Å². The molecule has 31 heavy (non-hydrogen) atoms. The molecule has 1 fully saturated rings. The predicted octanol–water partition coefficient (Wildman–Crippen LogP) is 3.34. The van der Waals surface area contributed by atoms with Crippen LogP contribution < -0.4 is 4.90 Å². The summed E-state index contributed by atoms with van der Waals surface area (Å²) in [5, 5.41) is 0.462. The monoisotopic (exact) mass is 464 g/mol. The van der Waals surface area contributed by atoms with Gasteiger partial charge in [0.05, 0.1) is 10.8 Å². The fraction of sp³-hybridized carbons (Fsp3) is 0.364. The number of rotatable bonds is 7. The highest BCUT2D eigenvalue weighted by Gasteiger charge is 2.33. The zero-order chi connectivity index (χ0) is 22.4. The lowest BCUT2D eigenvalue weighted by molar-refractivity contribution is -0.153. The van der Waals surface area contributed by atoms with Gasteiger partial charge in [0.2, 0.25) is 10.0 Å². The Morgan fingerprint density at radius 3 is 2.26 bits per heavy atom. The molecule has 0 radical (unpaired) electrons. The van der Waals surface area contributed by atoms with E-state index in [-0.39, 0.29) is 30.5 Å². The maximum Gasteiger partial charge on any atom is 0.309 e. The van der Waals surface area contributed by atoms with Gasteiger partial charge in [-0.05, 0) is 56.2 Å². The summed E-state index contributed by atoms with van der Waals surface area (Å²) in [6.07, 6.45) is 0.687. The summed E-state index contributed by atoms with van der Waals surface area (Å²) in [6, 6.07) is 15.2. The highest BCUT2D eigenvalue weighted by molar-refractivity contribution is 7.89. The highest BCUT2D eigenvalue weighted by Crippen LogP contribution is 2.25. The maximum atomic E-state index is 12.7. The average Bonchev–Trinajstić information content (AvgIpc) is 2.79. The van der Waals surface area contributed by atoms with E-state index < -0.39 is 21.9 Å². The molecule has 0 unspecified atom stereocenters. The van der Waals surface area contributed by atoms with Crippen molar-refractivity contribution in [2.24, 2.45) is 5.92 Å². The molecule has 166 valence electrons. The van der Waals surface area contributed by atoms with Crippen molar-refractivity contribution in [3.05, 3.63) is 59.6 Å². The number of hydrogen-bond acceptors (Lipinski definition) is 5. The molecule has 0 saturated carbocycles. The number of benzene rings is 2. The third-order valence-corrected chi connectivity index (χ3v) is 7.43. The molecule has 0 aromatic heterocycles. The molecule has 0 atom stereocenters. The molecule has 7 nitrogen and oxygen atoms in total. The number of likely N-dealkylation sites (N-methyl/N-ethyl adjacent to an activating group) is 1. The number of carbonyl (C=O) groups excluding carboxylic acids is 2. The third-order valence-electron chi connectivity index (χ3n) is 5.26. The Hall–Kier alpha value is -2.42. The first-order valence-electron chi connectivity index (χ1n) is 10.1. The number of carbonyl (C=O) groups is 2. The molecular weight excluding hydrogens is 440 g/mol. The van der Waals surface area contributed by atoms with Crippen molar-refractivity contribution in [2.75, 3.05) is 31.1 Å². The first-order chi connectivity index (χ1) is 14.8. The number of piperidine rings is 1. The Kier molecular flexibility index (Phi) is 7.69. The lowest BCUT2D eigenvalue weighted by Gasteiger charge is -2.30. The standard InChI is InChI=1S/C22H25ClN2O5S/c1-2-25(19-6-4-3-5-7-19)21(26)16-30-22(27)17-12-14-24(15-13-17)31(28,29)20-10-8-18(23)9-11-20/h3-11,17H,2,12-16H2,1H3. The lowest BCUT2D eigenvalue weighted by Crippen LogP contribution is -2.41. The molecule has 9 heteroatoms. The van der Waals surface area contributed by atoms with Crippen LogP contribution in [-0.4, -0.2) is 50.8 Å². The second-order valence-electron chi connectivity index (χ2n) is 7.21. The van der Waals surface area contributed by atoms with Gasteiger partial charge in [-0.15, -0.1) is 0 Å². The van der Waals surface area contributed by atoms with Gasteiger partial charge in [-0.25, -0.2) is 8.42 Å². The minimum atomic E-state index is -3.64. The van der Waals surface area contributed by atoms with Crippen LogP contribution in [0.4, 0.5) is 5.69 Å². The summed E-state index contributed by atoms with van der Waals surface area (Å²) in [4.78, 5) is 26.6. The number of para-hydroxylation sites is 1. The van der Waals surface area contributed by atoms with E-state index in [9.17, 15) is 18.0 Å². The Morgan fingerprint density at radius 1 is 1.06 bits per heavy atom. The van der Waals surface area contributed by atoms with Gasteiger partial charge in [0, 0.05) is 30.3 Å². The van der Waals surface area contributed by atoms with Gasteiger partial charge in [-0.3, -0.25) is 9.59 Å². The van der Waals surface area contributed by atoms with Gasteiger partial charge in [0.25, 0.3) is 5.91 Å². The number of anilines is 1. The molecule has 2 aromatic rings. The molecule has 1 aliphatic heterocycles. The van der Waals surface area contributed by atoms with Crippen LogP contribution >= 0.6 is 11.6 Å². The Morgan fingerprint density at radius 2 is 1.68 bits per heavy atom. The average molecular weight is 465 g/mol. The van der Waals surface area contributed by atoms with Gasteiger partial charge >= 0.3 is 5.97 Å². The van der Waals surface area contributed by atoms with Gasteiger partial charge in [0.1, 0.15) is 0 Å². The summed E-state index contributed by atoms with van der Waals surface area (Å²) in [5.41, 5.74) is 0.742. The highest BCUT2D eigenvalue weighted by atomic mass is 35.5. The number of hydrogen-bond donors (Lipinski definition) is 0. The minimum Gasteiger partial charge on any atom is -0.455 e. The van der Waals surface area contributed by atoms with Crippen LogP contribution in [0.15, 0.2) is 59.5 Å². The molecule has 1 saturated heterocycles. The van der Waals surface area contributed by atoms with Gasteiger partial charge in [0.15, 0.2) is 6.61 Å². The Bertz CT molecular complexity index is 1000. The summed E-state index contributed by atoms with van der Waals surface area (Å²) < 4.78 is 32.1. The van der Waals surface area contributed by atoms with Crippen LogP contribution in [0, 0.1) is 5.92 Å². The lowest BCUT2D eigenvalue weighted by atomic mass is 9.98. The van der Waals surface area contributed by atoms with E-state index in [0.29, 0.717) is 24.4 Å². The predicted molar refractivity (Wildman–Crippen MR) is 118 cm³/mol. The quantitative estimate of drug-likeness (QED) is 0.587. The number of amides is 1. The molecule has 1 amide bonds. The Balaban J connectivity index is 1.52. The number of nitrogens with zero attached hydrogens (tertiary/aromatic N) is 2. The third kappa shape index (κ3) is 5.64. The van der Waals surface area contributed by atoms with Crippen LogP contribution in [0.3, 0.4) is 0 Å². The van der Waals surface area contributed by atoms with Gasteiger partial charge < -0.3 is 9.64 Å². The van der Waals surface area contributed by atoms with Gasteiger partial charge in [-0.1, -0.05) is 29.8 Å². The van der Waals surface area contributed by atoms with Crippen molar-refractivity contribution in [2.45, 2.75) is 24.7 Å². The van der Waals surface area contributed by atoms with Crippen LogP contribution in [0.2, 0.25) is 5.02 Å². The smallest absolute Gasteiger partial charge is 0.309 e. The van der Waals surface area contributed by atoms with Crippen molar-refractivity contribution >= 4 is 39.2 Å². The van der Waals surface area contributed by atoms with E-state index in [4.69, 9.17) is 16.3 Å². The van der Waals surface area contributed by atoms with Crippen molar-refractivity contribution in [1.82, 2.24) is 4.31 Å². The maximum absolute atomic E-state index is 12.7. The first kappa shape index (κ1) is 23.2. The van der Waals surface area contributed by atoms with E-state index in [1.807, 2.05) is 37.3 Å². The van der Waals surface area contributed by atoms with Crippen molar-refractivity contribution < 1.29 is 22.7 Å². The minimum absolute atomic E-state index is 0.170. The van der Waals surface area contributed by atoms with E-state index in [0.717, 1.165) is 5.69 Å². The second-order valence-corrected chi connectivity index (χ2v) is 9.59. The number of ether oxygens (including phenoxy) is 1. The van der Waals surface area contributed by atoms with Crippen LogP contribution in [0.25, 0.3) is 0 Å². The zero-order valence-corrected chi connectivity index (χ0v) is 18.8. The fourth-order valence-electron chi connectivity index (χ4n) is 3.53. The number of sulfonamides is 1. The fourth-order valence-corrected chi connectivity index (χ4v) is 5.12. The molecule has 0 spiro atoms. The molecular formula is C22H25ClN2O5S. The second kappa shape index (κ2) is 10.3. The normalized spacial score (nSPS) is 15.4. The summed E-state index contributed by atoms with van der Waals surface area (Å²) in [7, 11) is -3.64. The molecule has 0 bridgehead atoms. The van der Waals surface area contributed by atoms with Crippen LogP contribution in [-0.2, 0) is 24.3 Å². The van der Waals surface area contributed by atoms with Crippen molar-refractivity contribution in [1.29, 1.82) is 0 Å². The largest absolute Gasteiger partial charge is 0.455 e. The van der Waals surface area contributed by atoms with Gasteiger partial charge in [-0.2, -0.15) is 4.31 Å². The Labute approximate surface area is 187 Å². The SMILES string of the molecule is CCN(C(=O)COC(=O)C1CCN(S(=O)(=O)c2ccc(Cl)cc2)CC1)c1ccccc1. The number of esters is 1. The van der Waals surface area contributed by atoms with E-state index in [2.05, 4.69) is 0 Å².